The average molecular weight is 521 g/mol. The summed E-state index contributed by atoms with van der Waals surface area (Å²) in [6, 6.07) is 13.0. The lowest BCUT2D eigenvalue weighted by atomic mass is 10.0. The first-order chi connectivity index (χ1) is 17.4. The van der Waals surface area contributed by atoms with Crippen molar-refractivity contribution in [3.8, 4) is 11.3 Å². The van der Waals surface area contributed by atoms with Crippen LogP contribution in [0, 0.1) is 0 Å². The maximum atomic E-state index is 13.5. The van der Waals surface area contributed by atoms with Crippen molar-refractivity contribution in [1.82, 2.24) is 4.57 Å². The van der Waals surface area contributed by atoms with Gasteiger partial charge in [0, 0.05) is 16.5 Å². The van der Waals surface area contributed by atoms with Gasteiger partial charge in [0.25, 0.3) is 5.56 Å². The number of carbonyl (C=O) groups excluding carboxylic acids is 1. The molecule has 10 heteroatoms. The Morgan fingerprint density at radius 3 is 2.64 bits per heavy atom. The van der Waals surface area contributed by atoms with E-state index in [1.54, 1.807) is 44.2 Å². The molecule has 0 amide bonds. The number of nitrogens with zero attached hydrogens (tertiary/aromatic N) is 2. The molecule has 1 aliphatic heterocycles. The van der Waals surface area contributed by atoms with Crippen molar-refractivity contribution in [3.63, 3.8) is 0 Å². The number of rotatable bonds is 6. The third-order valence-corrected chi connectivity index (χ3v) is 7.55. The van der Waals surface area contributed by atoms with E-state index in [9.17, 15) is 14.4 Å². The number of hydrogen-bond acceptors (Lipinski definition) is 8. The minimum absolute atomic E-state index is 0.185. The van der Waals surface area contributed by atoms with Gasteiger partial charge in [-0.05, 0) is 49.6 Å². The second kappa shape index (κ2) is 9.56. The van der Waals surface area contributed by atoms with Crippen molar-refractivity contribution in [3.05, 3.63) is 101 Å². The number of hydrogen-bond donors (Lipinski definition) is 1. The van der Waals surface area contributed by atoms with E-state index >= 15 is 0 Å². The summed E-state index contributed by atoms with van der Waals surface area (Å²) >= 11 is 2.68. The molecule has 4 heterocycles. The van der Waals surface area contributed by atoms with Crippen LogP contribution in [0.25, 0.3) is 17.4 Å². The minimum Gasteiger partial charge on any atom is -0.478 e. The largest absolute Gasteiger partial charge is 0.478 e. The van der Waals surface area contributed by atoms with Crippen molar-refractivity contribution < 1.29 is 23.8 Å². The fourth-order valence-electron chi connectivity index (χ4n) is 4.00. The summed E-state index contributed by atoms with van der Waals surface area (Å²) < 4.78 is 13.1. The van der Waals surface area contributed by atoms with E-state index < -0.39 is 18.0 Å². The predicted molar refractivity (Wildman–Crippen MR) is 136 cm³/mol. The second-order valence-corrected chi connectivity index (χ2v) is 9.89. The normalized spacial score (nSPS) is 15.5. The number of furan rings is 1. The summed E-state index contributed by atoms with van der Waals surface area (Å²) in [5.41, 5.74) is 1.49. The van der Waals surface area contributed by atoms with E-state index in [0.29, 0.717) is 37.7 Å². The van der Waals surface area contributed by atoms with Gasteiger partial charge in [-0.3, -0.25) is 9.36 Å². The maximum absolute atomic E-state index is 13.5. The molecule has 1 atom stereocenters. The van der Waals surface area contributed by atoms with Gasteiger partial charge < -0.3 is 14.3 Å². The molecule has 5 rings (SSSR count). The molecule has 0 aliphatic carbocycles. The number of carboxylic acid groups (broad SMARTS) is 1. The fourth-order valence-corrected chi connectivity index (χ4v) is 5.85. The summed E-state index contributed by atoms with van der Waals surface area (Å²) in [5.74, 6) is -0.482. The van der Waals surface area contributed by atoms with Crippen LogP contribution in [0.5, 0.6) is 0 Å². The lowest BCUT2D eigenvalue weighted by Gasteiger charge is -2.23. The molecule has 0 radical (unpaired) electrons. The molecule has 1 aromatic carbocycles. The highest BCUT2D eigenvalue weighted by Gasteiger charge is 2.33. The van der Waals surface area contributed by atoms with Gasteiger partial charge in [0.15, 0.2) is 4.80 Å². The molecule has 8 nitrogen and oxygen atoms in total. The zero-order valence-electron chi connectivity index (χ0n) is 19.3. The Balaban J connectivity index is 1.57. The van der Waals surface area contributed by atoms with Crippen LogP contribution < -0.4 is 14.9 Å². The Morgan fingerprint density at radius 1 is 1.19 bits per heavy atom. The van der Waals surface area contributed by atoms with Crippen molar-refractivity contribution in [1.29, 1.82) is 0 Å². The number of thiazole rings is 1. The number of fused-ring (bicyclic) bond motifs is 1. The van der Waals surface area contributed by atoms with E-state index in [1.165, 1.54) is 39.4 Å². The Morgan fingerprint density at radius 2 is 1.97 bits per heavy atom. The van der Waals surface area contributed by atoms with Gasteiger partial charge in [0.05, 0.1) is 28.0 Å². The van der Waals surface area contributed by atoms with E-state index in [0.717, 1.165) is 4.88 Å². The fraction of sp³-hybridized carbons (Fsp3) is 0.154. The SMILES string of the molecule is CCOC(=O)C1=C(C)N=c2sc(=Cc3ccc(-c4ccc(C(=O)O)cc4)o3)c(=O)n2C1c1cccs1. The molecule has 0 saturated heterocycles. The molecule has 182 valence electrons. The Kier molecular flexibility index (Phi) is 6.29. The zero-order chi connectivity index (χ0) is 25.4. The summed E-state index contributed by atoms with van der Waals surface area (Å²) in [6.07, 6.45) is 1.65. The lowest BCUT2D eigenvalue weighted by Crippen LogP contribution is -2.39. The van der Waals surface area contributed by atoms with Crippen molar-refractivity contribution in [2.45, 2.75) is 19.9 Å². The Hall–Kier alpha value is -4.02. The highest BCUT2D eigenvalue weighted by atomic mass is 32.1. The monoisotopic (exact) mass is 520 g/mol. The van der Waals surface area contributed by atoms with Gasteiger partial charge in [-0.15, -0.1) is 11.3 Å². The van der Waals surface area contributed by atoms with Gasteiger partial charge in [-0.2, -0.15) is 0 Å². The second-order valence-electron chi connectivity index (χ2n) is 7.90. The van der Waals surface area contributed by atoms with Crippen LogP contribution in [0.15, 0.2) is 79.4 Å². The first kappa shape index (κ1) is 23.7. The van der Waals surface area contributed by atoms with Crippen LogP contribution in [0.4, 0.5) is 0 Å². The molecule has 3 aromatic heterocycles. The van der Waals surface area contributed by atoms with Crippen LogP contribution in [0.2, 0.25) is 0 Å². The smallest absolute Gasteiger partial charge is 0.338 e. The van der Waals surface area contributed by atoms with Gasteiger partial charge in [0.1, 0.15) is 17.6 Å². The van der Waals surface area contributed by atoms with Gasteiger partial charge in [0.2, 0.25) is 0 Å². The number of allylic oxidation sites excluding steroid dienone is 1. The molecule has 4 aromatic rings. The highest BCUT2D eigenvalue weighted by Crippen LogP contribution is 2.33. The van der Waals surface area contributed by atoms with Crippen LogP contribution in [-0.2, 0) is 9.53 Å². The maximum Gasteiger partial charge on any atom is 0.338 e. The first-order valence-corrected chi connectivity index (χ1v) is 12.7. The van der Waals surface area contributed by atoms with Crippen LogP contribution in [0.1, 0.15) is 40.9 Å². The number of carboxylic acids is 1. The topological polar surface area (TPSA) is 111 Å². The van der Waals surface area contributed by atoms with Crippen LogP contribution >= 0.6 is 22.7 Å². The van der Waals surface area contributed by atoms with Crippen LogP contribution in [0.3, 0.4) is 0 Å². The lowest BCUT2D eigenvalue weighted by molar-refractivity contribution is -0.139. The molecule has 0 spiro atoms. The number of carbonyl (C=O) groups is 2. The summed E-state index contributed by atoms with van der Waals surface area (Å²) in [6.45, 7) is 3.71. The minimum atomic E-state index is -1.00. The number of ether oxygens (including phenoxy) is 1. The third kappa shape index (κ3) is 4.25. The van der Waals surface area contributed by atoms with Gasteiger partial charge in [-0.25, -0.2) is 14.6 Å². The number of esters is 1. The predicted octanol–water partition coefficient (Wildman–Crippen LogP) is 3.82. The van der Waals surface area contributed by atoms with Gasteiger partial charge >= 0.3 is 11.9 Å². The van der Waals surface area contributed by atoms with Crippen molar-refractivity contribution in [2.24, 2.45) is 4.99 Å². The number of thiophene rings is 1. The Bertz CT molecular complexity index is 1670. The molecule has 1 aliphatic rings. The molecule has 36 heavy (non-hydrogen) atoms. The average Bonchev–Trinajstić information content (AvgIpc) is 3.60. The van der Waals surface area contributed by atoms with Crippen molar-refractivity contribution in [2.75, 3.05) is 6.61 Å². The highest BCUT2D eigenvalue weighted by molar-refractivity contribution is 7.10. The van der Waals surface area contributed by atoms with Crippen molar-refractivity contribution >= 4 is 40.7 Å². The van der Waals surface area contributed by atoms with Gasteiger partial charge in [-0.1, -0.05) is 29.5 Å². The molecular formula is C26H20N2O6S2. The quantitative estimate of drug-likeness (QED) is 0.387. The third-order valence-electron chi connectivity index (χ3n) is 5.65. The Labute approximate surface area is 212 Å². The molecule has 1 unspecified atom stereocenters. The summed E-state index contributed by atoms with van der Waals surface area (Å²) in [4.78, 5) is 43.3. The van der Waals surface area contributed by atoms with E-state index in [-0.39, 0.29) is 17.7 Å². The number of aromatic carboxylic acids is 1. The molecule has 0 bridgehead atoms. The van der Waals surface area contributed by atoms with E-state index in [1.807, 2.05) is 17.5 Å². The first-order valence-electron chi connectivity index (χ1n) is 11.0. The number of benzene rings is 1. The van der Waals surface area contributed by atoms with E-state index in [2.05, 4.69) is 4.99 Å². The standard InChI is InChI=1S/C26H20N2O6S2/c1-3-33-25(32)21-14(2)27-26-28(22(21)19-5-4-12-35-19)23(29)20(36-26)13-17-10-11-18(34-17)15-6-8-16(9-7-15)24(30)31/h4-13,22H,3H2,1-2H3,(H,30,31). The molecular weight excluding hydrogens is 500 g/mol. The summed E-state index contributed by atoms with van der Waals surface area (Å²) in [5, 5.41) is 11.0. The van der Waals surface area contributed by atoms with E-state index in [4.69, 9.17) is 14.3 Å². The zero-order valence-corrected chi connectivity index (χ0v) is 20.9. The summed E-state index contributed by atoms with van der Waals surface area (Å²) in [7, 11) is 0. The molecule has 1 N–H and O–H groups in total. The number of aromatic nitrogens is 1. The van der Waals surface area contributed by atoms with Crippen LogP contribution in [-0.4, -0.2) is 28.2 Å². The molecule has 0 saturated carbocycles. The molecule has 0 fully saturated rings.